The molecule has 0 heterocycles. The van der Waals surface area contributed by atoms with Crippen molar-refractivity contribution in [2.45, 2.75) is 0 Å². The van der Waals surface area contributed by atoms with Crippen molar-refractivity contribution in [3.63, 3.8) is 0 Å². The molecule has 0 saturated carbocycles. The number of hydroxylamine groups is 4. The van der Waals surface area contributed by atoms with Crippen LogP contribution in [-0.2, 0) is 17.9 Å². The maximum absolute atomic E-state index is 11.3. The van der Waals surface area contributed by atoms with Crippen molar-refractivity contribution in [2.24, 2.45) is 0 Å². The summed E-state index contributed by atoms with van der Waals surface area (Å²) in [5, 5.41) is 2.35. The Balaban J connectivity index is 4.15. The second-order valence-electron chi connectivity index (χ2n) is 2.30. The van der Waals surface area contributed by atoms with Crippen molar-refractivity contribution in [1.82, 2.24) is 10.1 Å². The van der Waals surface area contributed by atoms with Crippen molar-refractivity contribution >= 4 is 19.7 Å². The number of hydrogen-bond acceptors (Lipinski definition) is 6. The molecule has 0 aliphatic carbocycles. The second kappa shape index (κ2) is 5.14. The Kier molecular flexibility index (Phi) is 5.27. The van der Waals surface area contributed by atoms with Gasteiger partial charge in [-0.05, 0) is 0 Å². The second-order valence-corrected chi connectivity index (χ2v) is 4.08. The van der Waals surface area contributed by atoms with Crippen LogP contribution in [0.25, 0.3) is 0 Å². The van der Waals surface area contributed by atoms with Gasteiger partial charge in [0.1, 0.15) is 0 Å². The van der Waals surface area contributed by atoms with Crippen LogP contribution < -0.4 is 0 Å². The molecule has 0 rings (SSSR count). The highest BCUT2D eigenvalue weighted by Gasteiger charge is 2.30. The van der Waals surface area contributed by atoms with Gasteiger partial charge in [-0.3, -0.25) is 0 Å². The first-order valence-corrected chi connectivity index (χ1v) is 4.81. The molecule has 0 amide bonds. The molecule has 0 aliphatic rings. The minimum absolute atomic E-state index is 1.17. The van der Waals surface area contributed by atoms with E-state index in [4.69, 9.17) is 11.9 Å². The first-order valence-electron chi connectivity index (χ1n) is 3.04. The molecule has 74 valence electrons. The van der Waals surface area contributed by atoms with Crippen molar-refractivity contribution < 1.29 is 17.9 Å². The van der Waals surface area contributed by atoms with Gasteiger partial charge in [-0.2, -0.15) is 23.5 Å². The minimum Gasteiger partial charge on any atom is -0.223 e. The van der Waals surface area contributed by atoms with E-state index >= 15 is 0 Å². The molecule has 0 saturated heterocycles. The summed E-state index contributed by atoms with van der Waals surface area (Å²) in [5.41, 5.74) is 0. The predicted octanol–water partition coefficient (Wildman–Crippen LogP) is 1.25. The lowest BCUT2D eigenvalue weighted by Crippen LogP contribution is -2.17. The molecular formula is C4H12ClN2O4P. The molecule has 0 aromatic heterocycles. The van der Waals surface area contributed by atoms with E-state index < -0.39 is 7.82 Å². The van der Waals surface area contributed by atoms with Crippen molar-refractivity contribution in [3.05, 3.63) is 0 Å². The normalized spacial score (nSPS) is 12.9. The van der Waals surface area contributed by atoms with Crippen molar-refractivity contribution in [1.29, 1.82) is 0 Å². The summed E-state index contributed by atoms with van der Waals surface area (Å²) in [7, 11) is 2.42. The smallest absolute Gasteiger partial charge is 0.223 e. The van der Waals surface area contributed by atoms with E-state index in [9.17, 15) is 4.57 Å². The van der Waals surface area contributed by atoms with E-state index in [1.807, 2.05) is 0 Å². The molecule has 12 heavy (non-hydrogen) atoms. The van der Waals surface area contributed by atoms with E-state index in [-0.39, 0.29) is 0 Å². The summed E-state index contributed by atoms with van der Waals surface area (Å²) in [5.74, 6) is 0. The van der Waals surface area contributed by atoms with E-state index in [2.05, 4.69) is 13.3 Å². The summed E-state index contributed by atoms with van der Waals surface area (Å²) in [6, 6.07) is 0. The molecule has 0 unspecified atom stereocenters. The predicted molar refractivity (Wildman–Crippen MR) is 44.1 cm³/mol. The van der Waals surface area contributed by atoms with Crippen LogP contribution in [0.4, 0.5) is 0 Å². The molecule has 6 nitrogen and oxygen atoms in total. The van der Waals surface area contributed by atoms with Crippen LogP contribution in [0.5, 0.6) is 0 Å². The first-order chi connectivity index (χ1) is 5.39. The fraction of sp³-hybridized carbons (Fsp3) is 1.00. The van der Waals surface area contributed by atoms with Crippen LogP contribution in [0.2, 0.25) is 0 Å². The Morgan fingerprint density at radius 1 is 1.08 bits per heavy atom. The number of halogens is 1. The van der Waals surface area contributed by atoms with Gasteiger partial charge in [0.05, 0.1) is 11.9 Å². The molecule has 0 N–H and O–H groups in total. The molecule has 0 aliphatic heterocycles. The Hall–Kier alpha value is 0.320. The van der Waals surface area contributed by atoms with E-state index in [1.165, 1.54) is 38.3 Å². The quantitative estimate of drug-likeness (QED) is 0.511. The van der Waals surface area contributed by atoms with Crippen LogP contribution in [0, 0.1) is 0 Å². The molecule has 0 bridgehead atoms. The van der Waals surface area contributed by atoms with Gasteiger partial charge in [0.2, 0.25) is 0 Å². The summed E-state index contributed by atoms with van der Waals surface area (Å²) in [6.45, 7) is 0. The van der Waals surface area contributed by atoms with E-state index in [1.54, 1.807) is 0 Å². The third kappa shape index (κ3) is 5.05. The fourth-order valence-corrected chi connectivity index (χ4v) is 1.47. The first kappa shape index (κ1) is 12.3. The zero-order chi connectivity index (χ0) is 9.78. The van der Waals surface area contributed by atoms with Crippen LogP contribution in [0.3, 0.4) is 0 Å². The largest absolute Gasteiger partial charge is 0.524 e. The zero-order valence-corrected chi connectivity index (χ0v) is 9.00. The van der Waals surface area contributed by atoms with Gasteiger partial charge < -0.3 is 0 Å². The Labute approximate surface area is 76.6 Å². The number of hydrogen-bond donors (Lipinski definition) is 0. The van der Waals surface area contributed by atoms with Gasteiger partial charge in [0, 0.05) is 28.2 Å². The van der Waals surface area contributed by atoms with Crippen LogP contribution >= 0.6 is 19.7 Å². The Bertz CT molecular complexity index is 162. The third-order valence-electron chi connectivity index (χ3n) is 0.611. The minimum atomic E-state index is -3.70. The third-order valence-corrected chi connectivity index (χ3v) is 2.34. The number of rotatable bonds is 5. The maximum atomic E-state index is 11.3. The molecular weight excluding hydrogens is 206 g/mol. The molecule has 8 heteroatoms. The topological polar surface area (TPSA) is 51.2 Å². The standard InChI is InChI=1S/C4H12ClN2O4P/c1-6(2)10-12(8,9-5)11-7(3)4/h1-4H3. The zero-order valence-electron chi connectivity index (χ0n) is 7.35. The average molecular weight is 219 g/mol. The molecule has 0 radical (unpaired) electrons. The van der Waals surface area contributed by atoms with E-state index in [0.717, 1.165) is 0 Å². The summed E-state index contributed by atoms with van der Waals surface area (Å²) in [6.07, 6.45) is 0. The lowest BCUT2D eigenvalue weighted by Gasteiger charge is -2.19. The highest BCUT2D eigenvalue weighted by atomic mass is 35.5. The van der Waals surface area contributed by atoms with Crippen LogP contribution in [0.15, 0.2) is 0 Å². The summed E-state index contributed by atoms with van der Waals surface area (Å²) in [4.78, 5) is 0. The molecule has 0 atom stereocenters. The fourth-order valence-electron chi connectivity index (χ4n) is 0.440. The Morgan fingerprint density at radius 2 is 1.42 bits per heavy atom. The van der Waals surface area contributed by atoms with Gasteiger partial charge in [0.15, 0.2) is 0 Å². The maximum Gasteiger partial charge on any atom is 0.524 e. The molecule has 0 fully saturated rings. The van der Waals surface area contributed by atoms with Crippen molar-refractivity contribution in [2.75, 3.05) is 28.2 Å². The van der Waals surface area contributed by atoms with Gasteiger partial charge in [-0.1, -0.05) is 0 Å². The highest BCUT2D eigenvalue weighted by molar-refractivity contribution is 7.49. The summed E-state index contributed by atoms with van der Waals surface area (Å²) < 4.78 is 24.7. The van der Waals surface area contributed by atoms with Crippen LogP contribution in [-0.4, -0.2) is 38.3 Å². The summed E-state index contributed by atoms with van der Waals surface area (Å²) >= 11 is 4.93. The Morgan fingerprint density at radius 3 is 1.58 bits per heavy atom. The number of nitrogens with zero attached hydrogens (tertiary/aromatic N) is 2. The van der Waals surface area contributed by atoms with Crippen molar-refractivity contribution in [3.8, 4) is 0 Å². The molecule has 0 spiro atoms. The SMILES string of the molecule is CN(C)OP(=O)(OCl)ON(C)C. The molecule has 0 aromatic carbocycles. The van der Waals surface area contributed by atoms with Gasteiger partial charge >= 0.3 is 7.82 Å². The monoisotopic (exact) mass is 218 g/mol. The lowest BCUT2D eigenvalue weighted by atomic mass is 11.2. The molecule has 0 aromatic rings. The average Bonchev–Trinajstić information content (AvgIpc) is 1.83. The lowest BCUT2D eigenvalue weighted by molar-refractivity contribution is -0.0950. The van der Waals surface area contributed by atoms with Gasteiger partial charge in [0.25, 0.3) is 0 Å². The van der Waals surface area contributed by atoms with E-state index in [0.29, 0.717) is 0 Å². The number of phosphoric acid groups is 1. The highest BCUT2D eigenvalue weighted by Crippen LogP contribution is 2.51. The van der Waals surface area contributed by atoms with Crippen LogP contribution in [0.1, 0.15) is 0 Å². The van der Waals surface area contributed by atoms with Gasteiger partial charge in [-0.15, -0.1) is 0 Å². The van der Waals surface area contributed by atoms with Gasteiger partial charge in [-0.25, -0.2) is 4.57 Å².